The zero-order valence-corrected chi connectivity index (χ0v) is 20.4. The zero-order valence-electron chi connectivity index (χ0n) is 19.7. The van der Waals surface area contributed by atoms with Crippen LogP contribution in [0.2, 0.25) is 5.02 Å². The number of benzene rings is 2. The van der Waals surface area contributed by atoms with E-state index < -0.39 is 0 Å². The van der Waals surface area contributed by atoms with Crippen molar-refractivity contribution in [3.8, 4) is 0 Å². The lowest BCUT2D eigenvalue weighted by molar-refractivity contribution is -0.123. The Morgan fingerprint density at radius 1 is 1.18 bits per heavy atom. The minimum absolute atomic E-state index is 0.0491. The lowest BCUT2D eigenvalue weighted by Gasteiger charge is -2.24. The third kappa shape index (κ3) is 6.59. The summed E-state index contributed by atoms with van der Waals surface area (Å²) in [7, 11) is 2.07. The van der Waals surface area contributed by atoms with Gasteiger partial charge in [0, 0.05) is 49.2 Å². The number of hydrogen-bond acceptors (Lipinski definition) is 4. The van der Waals surface area contributed by atoms with E-state index in [4.69, 9.17) is 11.6 Å². The highest BCUT2D eigenvalue weighted by Gasteiger charge is 2.29. The van der Waals surface area contributed by atoms with Gasteiger partial charge in [0.05, 0.1) is 0 Å². The second kappa shape index (κ2) is 11.2. The first-order valence-electron chi connectivity index (χ1n) is 12.0. The summed E-state index contributed by atoms with van der Waals surface area (Å²) < 4.78 is 0. The molecule has 0 aromatic heterocycles. The maximum atomic E-state index is 13.2. The first kappa shape index (κ1) is 23.8. The van der Waals surface area contributed by atoms with Crippen LogP contribution < -0.4 is 16.0 Å². The number of likely N-dealkylation sites (N-methyl/N-ethyl adjacent to an activating group) is 1. The number of carbonyl (C=O) groups excluding carboxylic acids is 1. The van der Waals surface area contributed by atoms with Gasteiger partial charge in [-0.3, -0.25) is 4.79 Å². The molecular weight excluding hydrogens is 432 g/mol. The number of allylic oxidation sites excluding steroid dienone is 1. The van der Waals surface area contributed by atoms with Crippen molar-refractivity contribution in [3.63, 3.8) is 0 Å². The number of hydrogen-bond donors (Lipinski definition) is 3. The van der Waals surface area contributed by atoms with Crippen molar-refractivity contribution in [1.82, 2.24) is 20.9 Å². The Morgan fingerprint density at radius 2 is 1.94 bits per heavy atom. The molecule has 0 spiro atoms. The summed E-state index contributed by atoms with van der Waals surface area (Å²) in [6, 6.07) is 16.4. The summed E-state index contributed by atoms with van der Waals surface area (Å²) in [6.07, 6.45) is 3.74. The van der Waals surface area contributed by atoms with Gasteiger partial charge in [-0.05, 0) is 55.3 Å². The van der Waals surface area contributed by atoms with Crippen molar-refractivity contribution in [2.45, 2.75) is 51.2 Å². The standard InChI is InChI=1S/C27H35ClN4O/c1-3-32(2)15-14-29-27(33)26(16-19-8-12-22(28)13-9-19)31-24(20-10-11-20)17-25-23-7-5-4-6-21(23)18-30-25/h4-9,12-13,25-26,30-31H,3,10-11,14-18H2,1-2H3,(H,29,33). The topological polar surface area (TPSA) is 56.4 Å². The van der Waals surface area contributed by atoms with Gasteiger partial charge in [-0.15, -0.1) is 0 Å². The Bertz CT molecular complexity index is 982. The lowest BCUT2D eigenvalue weighted by Crippen LogP contribution is -2.47. The fourth-order valence-electron chi connectivity index (χ4n) is 4.36. The fraction of sp³-hybridized carbons (Fsp3) is 0.444. The van der Waals surface area contributed by atoms with Gasteiger partial charge < -0.3 is 20.9 Å². The van der Waals surface area contributed by atoms with Gasteiger partial charge in [0.1, 0.15) is 6.04 Å². The highest BCUT2D eigenvalue weighted by Crippen LogP contribution is 2.37. The van der Waals surface area contributed by atoms with E-state index in [0.29, 0.717) is 18.0 Å². The Morgan fingerprint density at radius 3 is 2.67 bits per heavy atom. The maximum absolute atomic E-state index is 13.2. The molecule has 1 aliphatic heterocycles. The van der Waals surface area contributed by atoms with E-state index in [1.807, 2.05) is 24.3 Å². The SMILES string of the molecule is CCN(C)CCNC(=O)C(Cc1ccc(Cl)cc1)NC(CC1NCc2ccccc21)=C1CC1. The molecule has 3 N–H and O–H groups in total. The van der Waals surface area contributed by atoms with Gasteiger partial charge in [-0.2, -0.15) is 0 Å². The van der Waals surface area contributed by atoms with E-state index in [-0.39, 0.29) is 18.0 Å². The summed E-state index contributed by atoms with van der Waals surface area (Å²) in [4.78, 5) is 15.4. The maximum Gasteiger partial charge on any atom is 0.242 e. The number of rotatable bonds is 11. The molecule has 2 aliphatic rings. The highest BCUT2D eigenvalue weighted by molar-refractivity contribution is 6.30. The quantitative estimate of drug-likeness (QED) is 0.464. The van der Waals surface area contributed by atoms with Crippen LogP contribution in [0, 0.1) is 0 Å². The summed E-state index contributed by atoms with van der Waals surface area (Å²) >= 11 is 6.08. The van der Waals surface area contributed by atoms with E-state index in [1.165, 1.54) is 22.4 Å². The zero-order chi connectivity index (χ0) is 23.2. The van der Waals surface area contributed by atoms with Crippen LogP contribution in [0.15, 0.2) is 59.8 Å². The third-order valence-electron chi connectivity index (χ3n) is 6.66. The average molecular weight is 467 g/mol. The fourth-order valence-corrected chi connectivity index (χ4v) is 4.49. The van der Waals surface area contributed by atoms with Gasteiger partial charge in [-0.1, -0.05) is 60.5 Å². The van der Waals surface area contributed by atoms with Gasteiger partial charge >= 0.3 is 0 Å². The Labute approximate surface area is 202 Å². The van der Waals surface area contributed by atoms with Crippen LogP contribution in [0.4, 0.5) is 0 Å². The smallest absolute Gasteiger partial charge is 0.242 e. The van der Waals surface area contributed by atoms with Gasteiger partial charge in [0.15, 0.2) is 0 Å². The molecule has 6 heteroatoms. The molecule has 2 aromatic carbocycles. The van der Waals surface area contributed by atoms with Crippen molar-refractivity contribution in [2.75, 3.05) is 26.7 Å². The molecule has 4 rings (SSSR count). The number of nitrogens with one attached hydrogen (secondary N) is 3. The molecule has 0 radical (unpaired) electrons. The van der Waals surface area contributed by atoms with Crippen molar-refractivity contribution >= 4 is 17.5 Å². The molecule has 1 saturated carbocycles. The molecule has 1 aliphatic carbocycles. The van der Waals surface area contributed by atoms with Crippen molar-refractivity contribution in [2.24, 2.45) is 0 Å². The molecule has 5 nitrogen and oxygen atoms in total. The predicted octanol–water partition coefficient (Wildman–Crippen LogP) is 4.19. The molecule has 2 unspecified atom stereocenters. The predicted molar refractivity (Wildman–Crippen MR) is 135 cm³/mol. The molecule has 2 atom stereocenters. The van der Waals surface area contributed by atoms with Crippen LogP contribution in [0.1, 0.15) is 48.9 Å². The van der Waals surface area contributed by atoms with Crippen LogP contribution >= 0.6 is 11.6 Å². The van der Waals surface area contributed by atoms with Crippen LogP contribution in [0.5, 0.6) is 0 Å². The molecule has 1 amide bonds. The van der Waals surface area contributed by atoms with Crippen molar-refractivity contribution < 1.29 is 4.79 Å². The number of carbonyl (C=O) groups is 1. The second-order valence-electron chi connectivity index (χ2n) is 9.13. The van der Waals surface area contributed by atoms with E-state index in [2.05, 4.69) is 59.1 Å². The van der Waals surface area contributed by atoms with Crippen LogP contribution in [-0.2, 0) is 17.8 Å². The second-order valence-corrected chi connectivity index (χ2v) is 9.57. The third-order valence-corrected chi connectivity index (χ3v) is 6.91. The molecular formula is C27H35ClN4O. The molecule has 33 heavy (non-hydrogen) atoms. The summed E-state index contributed by atoms with van der Waals surface area (Å²) in [6.45, 7) is 5.48. The number of amides is 1. The molecule has 1 heterocycles. The summed E-state index contributed by atoms with van der Waals surface area (Å²) in [5.74, 6) is 0.0491. The van der Waals surface area contributed by atoms with Crippen LogP contribution in [0.3, 0.4) is 0 Å². The van der Waals surface area contributed by atoms with Crippen molar-refractivity contribution in [1.29, 1.82) is 0 Å². The average Bonchev–Trinajstić information content (AvgIpc) is 3.60. The lowest BCUT2D eigenvalue weighted by atomic mass is 9.99. The van der Waals surface area contributed by atoms with Crippen LogP contribution in [0.25, 0.3) is 0 Å². The first-order chi connectivity index (χ1) is 16.0. The minimum Gasteiger partial charge on any atom is -0.377 e. The molecule has 2 aromatic rings. The van der Waals surface area contributed by atoms with E-state index >= 15 is 0 Å². The molecule has 0 saturated heterocycles. The van der Waals surface area contributed by atoms with E-state index in [1.54, 1.807) is 0 Å². The Balaban J connectivity index is 1.47. The monoisotopic (exact) mass is 466 g/mol. The van der Waals surface area contributed by atoms with E-state index in [0.717, 1.165) is 44.5 Å². The van der Waals surface area contributed by atoms with Gasteiger partial charge in [0.2, 0.25) is 5.91 Å². The Hall–Kier alpha value is -2.34. The Kier molecular flexibility index (Phi) is 8.07. The summed E-state index contributed by atoms with van der Waals surface area (Å²) in [5.41, 5.74) is 6.52. The van der Waals surface area contributed by atoms with Gasteiger partial charge in [-0.25, -0.2) is 0 Å². The van der Waals surface area contributed by atoms with E-state index in [9.17, 15) is 4.79 Å². The normalized spacial score (nSPS) is 17.6. The molecule has 0 bridgehead atoms. The first-order valence-corrected chi connectivity index (χ1v) is 12.4. The number of fused-ring (bicyclic) bond motifs is 1. The van der Waals surface area contributed by atoms with Gasteiger partial charge in [0.25, 0.3) is 0 Å². The van der Waals surface area contributed by atoms with Crippen molar-refractivity contribution in [3.05, 3.63) is 81.5 Å². The largest absolute Gasteiger partial charge is 0.377 e. The molecule has 1 fully saturated rings. The number of halogens is 1. The van der Waals surface area contributed by atoms with Crippen LogP contribution in [-0.4, -0.2) is 43.5 Å². The summed E-state index contributed by atoms with van der Waals surface area (Å²) in [5, 5.41) is 11.2. The molecule has 176 valence electrons. The minimum atomic E-state index is -0.321. The number of nitrogens with zero attached hydrogens (tertiary/aromatic N) is 1. The highest BCUT2D eigenvalue weighted by atomic mass is 35.5.